The number of nitrogens with zero attached hydrogens (tertiary/aromatic N) is 5. The van der Waals surface area contributed by atoms with E-state index in [4.69, 9.17) is 0 Å². The van der Waals surface area contributed by atoms with Crippen molar-refractivity contribution < 1.29 is 18.3 Å². The third-order valence-electron chi connectivity index (χ3n) is 7.12. The van der Waals surface area contributed by atoms with Crippen LogP contribution in [0, 0.1) is 6.92 Å². The highest BCUT2D eigenvalue weighted by molar-refractivity contribution is 7.89. The number of hydrogen-bond acceptors (Lipinski definition) is 6. The van der Waals surface area contributed by atoms with Gasteiger partial charge in [0, 0.05) is 39.6 Å². The van der Waals surface area contributed by atoms with Crippen molar-refractivity contribution in [2.24, 2.45) is 7.05 Å². The zero-order valence-corrected chi connectivity index (χ0v) is 21.8. The average molecular weight is 520 g/mol. The Hall–Kier alpha value is -3.76. The van der Waals surface area contributed by atoms with E-state index >= 15 is 0 Å². The molecule has 37 heavy (non-hydrogen) atoms. The first-order chi connectivity index (χ1) is 17.6. The molecule has 10 heteroatoms. The van der Waals surface area contributed by atoms with Gasteiger partial charge in [0.25, 0.3) is 0 Å². The molecule has 0 saturated carbocycles. The summed E-state index contributed by atoms with van der Waals surface area (Å²) in [4.78, 5) is 14.1. The van der Waals surface area contributed by atoms with Gasteiger partial charge in [-0.15, -0.1) is 5.10 Å². The quantitative estimate of drug-likeness (QED) is 0.415. The summed E-state index contributed by atoms with van der Waals surface area (Å²) in [5.41, 5.74) is 5.68. The molecule has 1 unspecified atom stereocenters. The number of aryl methyl sites for hydroxylation is 2. The molecule has 0 radical (unpaired) electrons. The third kappa shape index (κ3) is 4.70. The summed E-state index contributed by atoms with van der Waals surface area (Å²) in [7, 11) is -0.00786. The van der Waals surface area contributed by atoms with Crippen LogP contribution in [0.3, 0.4) is 0 Å². The standard InChI is InChI=1S/C27H29N5O4S/c1-18-8-9-19(22(16-27(33)34)20-10-11-24-23(15-20)28-29-31(24)3)14-21(18)17-32-13-12-30(2)25-6-4-5-7-26(25)37(32,35)36/h4-11,14-15,22H,12-13,16-17H2,1-3H3,(H,33,34). The Balaban J connectivity index is 1.52. The lowest BCUT2D eigenvalue weighted by Gasteiger charge is -2.23. The number of aromatic nitrogens is 3. The van der Waals surface area contributed by atoms with E-state index in [1.165, 1.54) is 4.31 Å². The Morgan fingerprint density at radius 3 is 2.54 bits per heavy atom. The Bertz CT molecular complexity index is 1600. The summed E-state index contributed by atoms with van der Waals surface area (Å²) >= 11 is 0. The summed E-state index contributed by atoms with van der Waals surface area (Å²) in [6.45, 7) is 3.06. The maximum atomic E-state index is 13.6. The number of carbonyl (C=O) groups is 1. The average Bonchev–Trinajstić information content (AvgIpc) is 3.21. The number of anilines is 1. The van der Waals surface area contributed by atoms with E-state index in [-0.39, 0.29) is 13.0 Å². The van der Waals surface area contributed by atoms with Crippen LogP contribution >= 0.6 is 0 Å². The fourth-order valence-electron chi connectivity index (χ4n) is 4.94. The summed E-state index contributed by atoms with van der Waals surface area (Å²) < 4.78 is 30.4. The second-order valence-electron chi connectivity index (χ2n) is 9.53. The Morgan fingerprint density at radius 2 is 1.76 bits per heavy atom. The molecule has 0 bridgehead atoms. The minimum Gasteiger partial charge on any atom is -0.481 e. The predicted octanol–water partition coefficient (Wildman–Crippen LogP) is 3.52. The number of para-hydroxylation sites is 1. The van der Waals surface area contributed by atoms with Crippen LogP contribution in [0.2, 0.25) is 0 Å². The fraction of sp³-hybridized carbons (Fsp3) is 0.296. The van der Waals surface area contributed by atoms with E-state index in [9.17, 15) is 18.3 Å². The highest BCUT2D eigenvalue weighted by Gasteiger charge is 2.32. The molecule has 9 nitrogen and oxygen atoms in total. The van der Waals surface area contributed by atoms with Crippen LogP contribution in [0.25, 0.3) is 11.0 Å². The highest BCUT2D eigenvalue weighted by atomic mass is 32.2. The first kappa shape index (κ1) is 24.9. The molecule has 1 N–H and O–H groups in total. The molecule has 3 aromatic carbocycles. The van der Waals surface area contributed by atoms with Crippen molar-refractivity contribution in [3.63, 3.8) is 0 Å². The molecule has 4 aromatic rings. The van der Waals surface area contributed by atoms with Gasteiger partial charge in [-0.3, -0.25) is 4.79 Å². The highest BCUT2D eigenvalue weighted by Crippen LogP contribution is 2.34. The number of rotatable bonds is 6. The van der Waals surface area contributed by atoms with E-state index in [0.717, 1.165) is 27.8 Å². The van der Waals surface area contributed by atoms with E-state index in [2.05, 4.69) is 10.3 Å². The molecular weight excluding hydrogens is 490 g/mol. The van der Waals surface area contributed by atoms with Crippen LogP contribution < -0.4 is 4.90 Å². The lowest BCUT2D eigenvalue weighted by atomic mass is 9.86. The van der Waals surface area contributed by atoms with Crippen molar-refractivity contribution in [2.45, 2.75) is 30.7 Å². The fourth-order valence-corrected chi connectivity index (χ4v) is 6.59. The summed E-state index contributed by atoms with van der Waals surface area (Å²) in [5.74, 6) is -1.34. The first-order valence-corrected chi connectivity index (χ1v) is 13.5. The van der Waals surface area contributed by atoms with Crippen LogP contribution in [-0.2, 0) is 28.4 Å². The van der Waals surface area contributed by atoms with Crippen molar-refractivity contribution in [3.8, 4) is 0 Å². The van der Waals surface area contributed by atoms with Crippen LogP contribution in [0.4, 0.5) is 5.69 Å². The normalized spacial score (nSPS) is 16.4. The van der Waals surface area contributed by atoms with Gasteiger partial charge in [0.05, 0.1) is 17.6 Å². The molecule has 0 amide bonds. The molecule has 192 valence electrons. The Morgan fingerprint density at radius 1 is 1.03 bits per heavy atom. The maximum absolute atomic E-state index is 13.6. The largest absolute Gasteiger partial charge is 0.481 e. The van der Waals surface area contributed by atoms with Gasteiger partial charge in [0.1, 0.15) is 10.4 Å². The van der Waals surface area contributed by atoms with Crippen LogP contribution in [0.15, 0.2) is 65.6 Å². The number of aliphatic carboxylic acids is 1. The predicted molar refractivity (Wildman–Crippen MR) is 141 cm³/mol. The van der Waals surface area contributed by atoms with E-state index in [0.29, 0.717) is 29.2 Å². The zero-order valence-electron chi connectivity index (χ0n) is 21.0. The van der Waals surface area contributed by atoms with E-state index < -0.39 is 21.9 Å². The molecule has 1 aliphatic rings. The zero-order chi connectivity index (χ0) is 26.3. The van der Waals surface area contributed by atoms with E-state index in [1.54, 1.807) is 16.8 Å². The van der Waals surface area contributed by atoms with Gasteiger partial charge in [-0.2, -0.15) is 4.31 Å². The van der Waals surface area contributed by atoms with Gasteiger partial charge in [-0.05, 0) is 53.4 Å². The second-order valence-corrected chi connectivity index (χ2v) is 11.4. The second kappa shape index (κ2) is 9.60. The molecular formula is C27H29N5O4S. The van der Waals surface area contributed by atoms with Gasteiger partial charge in [0.2, 0.25) is 10.0 Å². The molecule has 5 rings (SSSR count). The van der Waals surface area contributed by atoms with Crippen molar-refractivity contribution in [3.05, 3.63) is 82.9 Å². The van der Waals surface area contributed by atoms with E-state index in [1.807, 2.05) is 74.4 Å². The number of hydrogen-bond donors (Lipinski definition) is 1. The van der Waals surface area contributed by atoms with Gasteiger partial charge < -0.3 is 10.0 Å². The smallest absolute Gasteiger partial charge is 0.304 e. The molecule has 1 atom stereocenters. The summed E-state index contributed by atoms with van der Waals surface area (Å²) in [6, 6.07) is 18.5. The molecule has 2 heterocycles. The topological polar surface area (TPSA) is 109 Å². The molecule has 0 aliphatic carbocycles. The van der Waals surface area contributed by atoms with Crippen molar-refractivity contribution >= 4 is 32.7 Å². The van der Waals surface area contributed by atoms with Gasteiger partial charge >= 0.3 is 5.97 Å². The van der Waals surface area contributed by atoms with Crippen LogP contribution in [0.5, 0.6) is 0 Å². The Labute approximate surface area is 216 Å². The molecule has 0 saturated heterocycles. The monoisotopic (exact) mass is 519 g/mol. The van der Waals surface area contributed by atoms with Gasteiger partial charge in [-0.25, -0.2) is 13.1 Å². The molecule has 1 aromatic heterocycles. The first-order valence-electron chi connectivity index (χ1n) is 12.1. The number of carboxylic acid groups (broad SMARTS) is 1. The maximum Gasteiger partial charge on any atom is 0.304 e. The molecule has 0 fully saturated rings. The van der Waals surface area contributed by atoms with Gasteiger partial charge in [-0.1, -0.05) is 41.6 Å². The summed E-state index contributed by atoms with van der Waals surface area (Å²) in [5, 5.41) is 17.9. The number of likely N-dealkylation sites (N-methyl/N-ethyl adjacent to an activating group) is 1. The number of carboxylic acids is 1. The van der Waals surface area contributed by atoms with Crippen molar-refractivity contribution in [1.29, 1.82) is 0 Å². The van der Waals surface area contributed by atoms with Crippen LogP contribution in [0.1, 0.15) is 34.6 Å². The summed E-state index contributed by atoms with van der Waals surface area (Å²) in [6.07, 6.45) is -0.103. The number of benzene rings is 3. The van der Waals surface area contributed by atoms with Crippen molar-refractivity contribution in [1.82, 2.24) is 19.3 Å². The number of fused-ring (bicyclic) bond motifs is 2. The minimum atomic E-state index is -3.71. The number of sulfonamides is 1. The Kier molecular flexibility index (Phi) is 6.47. The molecule has 0 spiro atoms. The SMILES string of the molecule is Cc1ccc(C(CC(=O)O)c2ccc3c(c2)nnn3C)cc1CN1CCN(C)c2ccccc2S1(=O)=O. The lowest BCUT2D eigenvalue weighted by Crippen LogP contribution is -2.33. The minimum absolute atomic E-state index is 0.103. The van der Waals surface area contributed by atoms with Crippen molar-refractivity contribution in [2.75, 3.05) is 25.0 Å². The third-order valence-corrected chi connectivity index (χ3v) is 9.01. The van der Waals surface area contributed by atoms with Crippen LogP contribution in [-0.4, -0.2) is 58.9 Å². The lowest BCUT2D eigenvalue weighted by molar-refractivity contribution is -0.137. The molecule has 1 aliphatic heterocycles. The van der Waals surface area contributed by atoms with Gasteiger partial charge in [0.15, 0.2) is 0 Å².